The van der Waals surface area contributed by atoms with Crippen LogP contribution in [0.4, 0.5) is 0 Å². The first-order valence-electron chi connectivity index (χ1n) is 8.23. The summed E-state index contributed by atoms with van der Waals surface area (Å²) in [7, 11) is 2.07. The van der Waals surface area contributed by atoms with Gasteiger partial charge in [-0.3, -0.25) is 4.90 Å². The minimum absolute atomic E-state index is 0.119. The summed E-state index contributed by atoms with van der Waals surface area (Å²) in [5.74, 6) is 0. The normalized spacial score (nSPS) is 37.4. The van der Waals surface area contributed by atoms with Gasteiger partial charge in [-0.2, -0.15) is 0 Å². The van der Waals surface area contributed by atoms with Crippen molar-refractivity contribution < 1.29 is 4.74 Å². The van der Waals surface area contributed by atoms with Crippen LogP contribution in [0.5, 0.6) is 0 Å². The molecule has 19 heavy (non-hydrogen) atoms. The maximum Gasteiger partial charge on any atom is 0.0666 e. The van der Waals surface area contributed by atoms with E-state index in [1.54, 1.807) is 0 Å². The van der Waals surface area contributed by atoms with E-state index in [2.05, 4.69) is 31.1 Å². The topological polar surface area (TPSA) is 24.5 Å². The Bertz CT molecular complexity index is 271. The third-order valence-corrected chi connectivity index (χ3v) is 5.19. The second kappa shape index (κ2) is 7.05. The van der Waals surface area contributed by atoms with Crippen molar-refractivity contribution in [1.82, 2.24) is 10.2 Å². The van der Waals surface area contributed by atoms with Gasteiger partial charge in [-0.15, -0.1) is 0 Å². The molecule has 0 aromatic heterocycles. The molecular weight excluding hydrogens is 236 g/mol. The lowest BCUT2D eigenvalue weighted by molar-refractivity contribution is -0.105. The molecule has 2 saturated heterocycles. The monoisotopic (exact) mass is 268 g/mol. The third-order valence-electron chi connectivity index (χ3n) is 5.19. The first-order chi connectivity index (χ1) is 9.18. The standard InChI is InChI=1S/C16H32N2O/c1-4-16(2)13-15(9-12-19-16)18-11-6-5-7-14(18)8-10-17-3/h14-15,17H,4-13H2,1-3H3. The molecule has 0 amide bonds. The van der Waals surface area contributed by atoms with Crippen LogP contribution in [0, 0.1) is 0 Å². The highest BCUT2D eigenvalue weighted by molar-refractivity contribution is 4.91. The van der Waals surface area contributed by atoms with Crippen molar-refractivity contribution in [2.45, 2.75) is 76.5 Å². The van der Waals surface area contributed by atoms with Gasteiger partial charge in [0.1, 0.15) is 0 Å². The molecular formula is C16H32N2O. The van der Waals surface area contributed by atoms with E-state index in [0.29, 0.717) is 0 Å². The number of hydrogen-bond donors (Lipinski definition) is 1. The number of piperidine rings is 1. The van der Waals surface area contributed by atoms with Crippen molar-refractivity contribution in [2.75, 3.05) is 26.7 Å². The van der Waals surface area contributed by atoms with E-state index in [0.717, 1.165) is 31.7 Å². The molecule has 0 aromatic carbocycles. The zero-order valence-corrected chi connectivity index (χ0v) is 13.1. The number of hydrogen-bond acceptors (Lipinski definition) is 3. The Morgan fingerprint density at radius 2 is 2.16 bits per heavy atom. The molecule has 3 nitrogen and oxygen atoms in total. The fraction of sp³-hybridized carbons (Fsp3) is 1.00. The van der Waals surface area contributed by atoms with Crippen LogP contribution in [-0.2, 0) is 4.74 Å². The summed E-state index contributed by atoms with van der Waals surface area (Å²) in [5, 5.41) is 3.31. The summed E-state index contributed by atoms with van der Waals surface area (Å²) >= 11 is 0. The van der Waals surface area contributed by atoms with Crippen molar-refractivity contribution in [3.05, 3.63) is 0 Å². The van der Waals surface area contributed by atoms with Gasteiger partial charge in [-0.1, -0.05) is 13.3 Å². The highest BCUT2D eigenvalue weighted by Gasteiger charge is 2.37. The molecule has 2 aliphatic rings. The van der Waals surface area contributed by atoms with E-state index in [4.69, 9.17) is 4.74 Å². The summed E-state index contributed by atoms with van der Waals surface area (Å²) in [6.07, 6.45) is 9.08. The maximum atomic E-state index is 6.01. The van der Waals surface area contributed by atoms with Crippen LogP contribution in [0.1, 0.15) is 58.8 Å². The predicted molar refractivity (Wildman–Crippen MR) is 80.6 cm³/mol. The Balaban J connectivity index is 1.96. The Kier molecular flexibility index (Phi) is 5.67. The van der Waals surface area contributed by atoms with E-state index < -0.39 is 0 Å². The maximum absolute atomic E-state index is 6.01. The average Bonchev–Trinajstić information content (AvgIpc) is 2.45. The number of nitrogens with one attached hydrogen (secondary N) is 1. The molecule has 3 atom stereocenters. The Morgan fingerprint density at radius 3 is 2.89 bits per heavy atom. The van der Waals surface area contributed by atoms with Gasteiger partial charge in [0.15, 0.2) is 0 Å². The number of rotatable bonds is 5. The second-order valence-electron chi connectivity index (χ2n) is 6.58. The van der Waals surface area contributed by atoms with Crippen LogP contribution < -0.4 is 5.32 Å². The average molecular weight is 268 g/mol. The highest BCUT2D eigenvalue weighted by atomic mass is 16.5. The minimum atomic E-state index is 0.119. The highest BCUT2D eigenvalue weighted by Crippen LogP contribution is 2.33. The summed E-state index contributed by atoms with van der Waals surface area (Å²) < 4.78 is 6.01. The Labute approximate surface area is 119 Å². The zero-order chi connectivity index (χ0) is 13.7. The van der Waals surface area contributed by atoms with Crippen molar-refractivity contribution in [3.8, 4) is 0 Å². The molecule has 0 saturated carbocycles. The van der Waals surface area contributed by atoms with Crippen LogP contribution in [0.25, 0.3) is 0 Å². The smallest absolute Gasteiger partial charge is 0.0666 e. The lowest BCUT2D eigenvalue weighted by Gasteiger charge is -2.47. The van der Waals surface area contributed by atoms with Crippen molar-refractivity contribution >= 4 is 0 Å². The summed E-state index contributed by atoms with van der Waals surface area (Å²) in [6, 6.07) is 1.55. The first-order valence-corrected chi connectivity index (χ1v) is 8.23. The summed E-state index contributed by atoms with van der Waals surface area (Å²) in [6.45, 7) is 7.96. The molecule has 0 bridgehead atoms. The van der Waals surface area contributed by atoms with Gasteiger partial charge in [0.25, 0.3) is 0 Å². The number of likely N-dealkylation sites (tertiary alicyclic amines) is 1. The van der Waals surface area contributed by atoms with E-state index in [1.807, 2.05) is 0 Å². The van der Waals surface area contributed by atoms with Crippen molar-refractivity contribution in [1.29, 1.82) is 0 Å². The number of nitrogens with zero attached hydrogens (tertiary/aromatic N) is 1. The molecule has 0 spiro atoms. The van der Waals surface area contributed by atoms with Gasteiger partial charge < -0.3 is 10.1 Å². The predicted octanol–water partition coefficient (Wildman–Crippen LogP) is 2.80. The van der Waals surface area contributed by atoms with Crippen LogP contribution in [0.2, 0.25) is 0 Å². The first kappa shape index (κ1) is 15.3. The minimum Gasteiger partial charge on any atom is -0.375 e. The van der Waals surface area contributed by atoms with Gasteiger partial charge in [0.05, 0.1) is 5.60 Å². The van der Waals surface area contributed by atoms with Crippen molar-refractivity contribution in [3.63, 3.8) is 0 Å². The van der Waals surface area contributed by atoms with Crippen LogP contribution >= 0.6 is 0 Å². The fourth-order valence-electron chi connectivity index (χ4n) is 3.75. The van der Waals surface area contributed by atoms with Crippen LogP contribution in [0.3, 0.4) is 0 Å². The molecule has 2 rings (SSSR count). The molecule has 0 aromatic rings. The summed E-state index contributed by atoms with van der Waals surface area (Å²) in [4.78, 5) is 2.82. The summed E-state index contributed by atoms with van der Waals surface area (Å²) in [5.41, 5.74) is 0.119. The quantitative estimate of drug-likeness (QED) is 0.830. The molecule has 1 N–H and O–H groups in total. The molecule has 3 heteroatoms. The van der Waals surface area contributed by atoms with Crippen molar-refractivity contribution in [2.24, 2.45) is 0 Å². The molecule has 0 radical (unpaired) electrons. The molecule has 2 fully saturated rings. The Morgan fingerprint density at radius 1 is 1.32 bits per heavy atom. The molecule has 2 heterocycles. The third kappa shape index (κ3) is 3.93. The van der Waals surface area contributed by atoms with Gasteiger partial charge in [-0.05, 0) is 65.6 Å². The van der Waals surface area contributed by atoms with E-state index >= 15 is 0 Å². The molecule has 2 aliphatic heterocycles. The SMILES string of the molecule is CCC1(C)CC(N2CCCCC2CCNC)CCO1. The van der Waals surface area contributed by atoms with Crippen LogP contribution in [-0.4, -0.2) is 49.3 Å². The fourth-order valence-corrected chi connectivity index (χ4v) is 3.75. The lowest BCUT2D eigenvalue weighted by atomic mass is 9.86. The molecule has 3 unspecified atom stereocenters. The second-order valence-corrected chi connectivity index (χ2v) is 6.58. The largest absolute Gasteiger partial charge is 0.375 e. The van der Waals surface area contributed by atoms with Gasteiger partial charge in [0, 0.05) is 18.7 Å². The van der Waals surface area contributed by atoms with Gasteiger partial charge in [0.2, 0.25) is 0 Å². The van der Waals surface area contributed by atoms with Gasteiger partial charge >= 0.3 is 0 Å². The zero-order valence-electron chi connectivity index (χ0n) is 13.1. The molecule has 0 aliphatic carbocycles. The lowest BCUT2D eigenvalue weighted by Crippen LogP contribution is -2.52. The molecule has 112 valence electrons. The van der Waals surface area contributed by atoms with E-state index in [1.165, 1.54) is 45.1 Å². The van der Waals surface area contributed by atoms with E-state index in [9.17, 15) is 0 Å². The van der Waals surface area contributed by atoms with Gasteiger partial charge in [-0.25, -0.2) is 0 Å². The number of ether oxygens (including phenoxy) is 1. The van der Waals surface area contributed by atoms with Crippen LogP contribution in [0.15, 0.2) is 0 Å². The Hall–Kier alpha value is -0.120. The van der Waals surface area contributed by atoms with E-state index in [-0.39, 0.29) is 5.60 Å².